The molecule has 0 spiro atoms. The summed E-state index contributed by atoms with van der Waals surface area (Å²) in [5, 5.41) is 10.5. The van der Waals surface area contributed by atoms with Crippen LogP contribution in [0, 0.1) is 11.3 Å². The lowest BCUT2D eigenvalue weighted by Gasteiger charge is -2.24. The molecule has 3 heterocycles. The monoisotopic (exact) mass is 497 g/mol. The minimum Gasteiger partial charge on any atom is -0.317 e. The normalized spacial score (nSPS) is 20.5. The van der Waals surface area contributed by atoms with E-state index < -0.39 is 0 Å². The SMILES string of the molecule is N#Cc1c(N=C2C(=O)N(C[NH+]3CCCCCC3)c3ccc(Br)cc32)sc2c1CCCC2. The number of anilines is 1. The number of hydrogen-bond acceptors (Lipinski definition) is 4. The summed E-state index contributed by atoms with van der Waals surface area (Å²) in [6.45, 7) is 2.90. The summed E-state index contributed by atoms with van der Waals surface area (Å²) in [4.78, 5) is 23.1. The van der Waals surface area contributed by atoms with Gasteiger partial charge in [-0.15, -0.1) is 11.3 Å². The van der Waals surface area contributed by atoms with Gasteiger partial charge in [0.25, 0.3) is 5.91 Å². The van der Waals surface area contributed by atoms with Gasteiger partial charge in [0.05, 0.1) is 24.3 Å². The number of hydrogen-bond donors (Lipinski definition) is 1. The predicted octanol–water partition coefficient (Wildman–Crippen LogP) is 4.14. The molecule has 1 amide bonds. The van der Waals surface area contributed by atoms with Gasteiger partial charge >= 0.3 is 0 Å². The van der Waals surface area contributed by atoms with E-state index in [4.69, 9.17) is 4.99 Å². The Labute approximate surface area is 195 Å². The minimum atomic E-state index is -0.0416. The third-order valence-electron chi connectivity index (χ3n) is 6.62. The van der Waals surface area contributed by atoms with Gasteiger partial charge in [0.15, 0.2) is 6.67 Å². The number of nitriles is 1. The molecule has 2 aromatic rings. The Morgan fingerprint density at radius 2 is 1.90 bits per heavy atom. The van der Waals surface area contributed by atoms with Gasteiger partial charge in [-0.1, -0.05) is 15.9 Å². The molecule has 0 atom stereocenters. The zero-order valence-electron chi connectivity index (χ0n) is 17.5. The van der Waals surface area contributed by atoms with Crippen molar-refractivity contribution >= 4 is 49.6 Å². The van der Waals surface area contributed by atoms with E-state index in [2.05, 4.69) is 22.0 Å². The summed E-state index contributed by atoms with van der Waals surface area (Å²) in [6.07, 6.45) is 9.25. The van der Waals surface area contributed by atoms with Gasteiger partial charge < -0.3 is 4.90 Å². The van der Waals surface area contributed by atoms with Crippen molar-refractivity contribution in [3.8, 4) is 6.07 Å². The van der Waals surface area contributed by atoms with Crippen LogP contribution >= 0.6 is 27.3 Å². The van der Waals surface area contributed by atoms with Crippen molar-refractivity contribution in [3.63, 3.8) is 0 Å². The number of quaternary nitrogens is 1. The largest absolute Gasteiger partial charge is 0.317 e. The first-order valence-electron chi connectivity index (χ1n) is 11.2. The van der Waals surface area contributed by atoms with Crippen molar-refractivity contribution < 1.29 is 9.69 Å². The third kappa shape index (κ3) is 3.97. The van der Waals surface area contributed by atoms with E-state index in [1.807, 2.05) is 23.1 Å². The van der Waals surface area contributed by atoms with Crippen molar-refractivity contribution in [2.24, 2.45) is 4.99 Å². The topological polar surface area (TPSA) is 60.9 Å². The number of aryl methyl sites for hydroxylation is 1. The van der Waals surface area contributed by atoms with Crippen molar-refractivity contribution in [1.82, 2.24) is 0 Å². The smallest absolute Gasteiger partial charge is 0.282 e. The lowest BCUT2D eigenvalue weighted by molar-refractivity contribution is -0.897. The Morgan fingerprint density at radius 3 is 2.68 bits per heavy atom. The number of amides is 1. The van der Waals surface area contributed by atoms with Crippen LogP contribution in [0.3, 0.4) is 0 Å². The van der Waals surface area contributed by atoms with Gasteiger partial charge in [-0.25, -0.2) is 4.99 Å². The molecule has 3 aliphatic rings. The van der Waals surface area contributed by atoms with Crippen LogP contribution in [-0.4, -0.2) is 31.4 Å². The van der Waals surface area contributed by atoms with E-state index in [0.717, 1.165) is 60.1 Å². The molecule has 0 saturated carbocycles. The van der Waals surface area contributed by atoms with Gasteiger partial charge in [0.2, 0.25) is 0 Å². The number of aliphatic imine (C=N–C) groups is 1. The lowest BCUT2D eigenvalue weighted by atomic mass is 9.96. The first-order chi connectivity index (χ1) is 15.2. The Morgan fingerprint density at radius 1 is 1.13 bits per heavy atom. The van der Waals surface area contributed by atoms with Crippen LogP contribution in [0.2, 0.25) is 0 Å². The number of likely N-dealkylation sites (tertiary alicyclic amines) is 1. The molecule has 2 aliphatic heterocycles. The fraction of sp³-hybridized carbons (Fsp3) is 0.458. The van der Waals surface area contributed by atoms with E-state index >= 15 is 0 Å². The molecule has 0 bridgehead atoms. The molecule has 1 aliphatic carbocycles. The average Bonchev–Trinajstić information content (AvgIpc) is 3.09. The van der Waals surface area contributed by atoms with Crippen LogP contribution in [-0.2, 0) is 17.6 Å². The van der Waals surface area contributed by atoms with Gasteiger partial charge in [-0.3, -0.25) is 9.69 Å². The van der Waals surface area contributed by atoms with E-state index in [1.54, 1.807) is 11.3 Å². The van der Waals surface area contributed by atoms with E-state index in [1.165, 1.54) is 35.5 Å². The second-order valence-corrected chi connectivity index (χ2v) is 10.7. The molecule has 5 nitrogen and oxygen atoms in total. The molecule has 1 aromatic heterocycles. The van der Waals surface area contributed by atoms with Crippen LogP contribution in [0.4, 0.5) is 10.7 Å². The Balaban J connectivity index is 1.54. The first-order valence-corrected chi connectivity index (χ1v) is 12.9. The second-order valence-electron chi connectivity index (χ2n) is 8.68. The van der Waals surface area contributed by atoms with Gasteiger partial charge in [0.1, 0.15) is 16.8 Å². The molecule has 5 rings (SSSR count). The van der Waals surface area contributed by atoms with Crippen molar-refractivity contribution in [1.29, 1.82) is 5.26 Å². The fourth-order valence-electron chi connectivity index (χ4n) is 5.01. The number of carbonyl (C=O) groups is 1. The summed E-state index contributed by atoms with van der Waals surface area (Å²) in [6, 6.07) is 8.37. The number of benzene rings is 1. The molecule has 7 heteroatoms. The van der Waals surface area contributed by atoms with Crippen LogP contribution in [0.5, 0.6) is 0 Å². The molecule has 31 heavy (non-hydrogen) atoms. The highest BCUT2D eigenvalue weighted by molar-refractivity contribution is 9.10. The summed E-state index contributed by atoms with van der Waals surface area (Å²) in [5.41, 5.74) is 4.10. The Hall–Kier alpha value is -2.01. The molecule has 160 valence electrons. The fourth-order valence-corrected chi connectivity index (χ4v) is 6.58. The quantitative estimate of drug-likeness (QED) is 0.692. The summed E-state index contributed by atoms with van der Waals surface area (Å²) >= 11 is 5.16. The van der Waals surface area contributed by atoms with Gasteiger partial charge in [-0.2, -0.15) is 5.26 Å². The molecule has 0 unspecified atom stereocenters. The number of halogens is 1. The second kappa shape index (κ2) is 8.85. The molecular weight excluding hydrogens is 472 g/mol. The number of nitrogens with one attached hydrogen (secondary N) is 1. The highest BCUT2D eigenvalue weighted by atomic mass is 79.9. The molecule has 0 radical (unpaired) electrons. The summed E-state index contributed by atoms with van der Waals surface area (Å²) in [7, 11) is 0. The number of carbonyl (C=O) groups excluding carboxylic acids is 1. The van der Waals surface area contributed by atoms with E-state index in [9.17, 15) is 10.1 Å². The van der Waals surface area contributed by atoms with Crippen molar-refractivity contribution in [3.05, 3.63) is 44.2 Å². The van der Waals surface area contributed by atoms with E-state index in [-0.39, 0.29) is 5.91 Å². The van der Waals surface area contributed by atoms with Crippen LogP contribution in [0.25, 0.3) is 0 Å². The van der Waals surface area contributed by atoms with Crippen molar-refractivity contribution in [2.75, 3.05) is 24.7 Å². The number of rotatable bonds is 3. The lowest BCUT2D eigenvalue weighted by Crippen LogP contribution is -3.13. The minimum absolute atomic E-state index is 0.0416. The van der Waals surface area contributed by atoms with Gasteiger partial charge in [0, 0.05) is 14.9 Å². The number of thiophene rings is 1. The maximum Gasteiger partial charge on any atom is 0.282 e. The van der Waals surface area contributed by atoms with Crippen LogP contribution in [0.15, 0.2) is 27.7 Å². The van der Waals surface area contributed by atoms with E-state index in [0.29, 0.717) is 22.9 Å². The highest BCUT2D eigenvalue weighted by Crippen LogP contribution is 2.41. The van der Waals surface area contributed by atoms with Gasteiger partial charge in [-0.05, 0) is 75.1 Å². The maximum absolute atomic E-state index is 13.6. The first kappa shape index (κ1) is 20.9. The molecule has 1 saturated heterocycles. The summed E-state index contributed by atoms with van der Waals surface area (Å²) < 4.78 is 0.932. The van der Waals surface area contributed by atoms with Crippen LogP contribution in [0.1, 0.15) is 60.1 Å². The molecule has 1 fully saturated rings. The Kier molecular flexibility index (Phi) is 5.96. The maximum atomic E-state index is 13.6. The number of nitrogens with zero attached hydrogens (tertiary/aromatic N) is 3. The molecule has 1 N–H and O–H groups in total. The molecule has 1 aromatic carbocycles. The van der Waals surface area contributed by atoms with Crippen LogP contribution < -0.4 is 9.80 Å². The Bertz CT molecular complexity index is 1090. The average molecular weight is 498 g/mol. The third-order valence-corrected chi connectivity index (χ3v) is 8.30. The number of fused-ring (bicyclic) bond motifs is 2. The zero-order chi connectivity index (χ0) is 21.4. The summed E-state index contributed by atoms with van der Waals surface area (Å²) in [5.74, 6) is -0.0416. The zero-order valence-corrected chi connectivity index (χ0v) is 19.9. The predicted molar refractivity (Wildman–Crippen MR) is 128 cm³/mol. The standard InChI is InChI=1S/C24H25BrN4OS/c25-16-9-10-20-18(13-16)22(24(30)29(20)15-28-11-5-1-2-6-12-28)27-23-19(14-26)17-7-3-4-8-21(17)31-23/h9-10,13H,1-8,11-12,15H2/p+1. The molecular formula is C24H26BrN4OS+. The van der Waals surface area contributed by atoms with Crippen molar-refractivity contribution in [2.45, 2.75) is 51.4 Å². The highest BCUT2D eigenvalue weighted by Gasteiger charge is 2.37.